The molecule has 0 N–H and O–H groups in total. The third-order valence-corrected chi connectivity index (χ3v) is 8.35. The van der Waals surface area contributed by atoms with Gasteiger partial charge in [0.25, 0.3) is 0 Å². The summed E-state index contributed by atoms with van der Waals surface area (Å²) in [4.78, 5) is 2.31. The SMILES string of the molecule is c1ccc(-c2ccc3c(c2)c2ccc(-c4cccc(N(c5ccccc5)c5ccccc5)c4)cc2n3-c2ccccc2)cc1. The van der Waals surface area contributed by atoms with Crippen LogP contribution in [0.15, 0.2) is 182 Å². The fraction of sp³-hybridized carbons (Fsp3) is 0. The zero-order chi connectivity index (χ0) is 29.3. The summed E-state index contributed by atoms with van der Waals surface area (Å²) in [5.74, 6) is 0. The molecule has 0 aliphatic carbocycles. The van der Waals surface area contributed by atoms with E-state index in [4.69, 9.17) is 0 Å². The molecule has 44 heavy (non-hydrogen) atoms. The van der Waals surface area contributed by atoms with Crippen molar-refractivity contribution in [3.8, 4) is 27.9 Å². The van der Waals surface area contributed by atoms with Crippen LogP contribution in [0.5, 0.6) is 0 Å². The third kappa shape index (κ3) is 4.63. The predicted molar refractivity (Wildman–Crippen MR) is 186 cm³/mol. The molecule has 2 heteroatoms. The highest BCUT2D eigenvalue weighted by molar-refractivity contribution is 6.11. The van der Waals surface area contributed by atoms with Gasteiger partial charge in [-0.3, -0.25) is 0 Å². The van der Waals surface area contributed by atoms with Gasteiger partial charge < -0.3 is 9.47 Å². The second kappa shape index (κ2) is 11.1. The first kappa shape index (κ1) is 25.8. The number of rotatable bonds is 6. The normalized spacial score (nSPS) is 11.2. The largest absolute Gasteiger partial charge is 0.310 e. The lowest BCUT2D eigenvalue weighted by Crippen LogP contribution is -2.09. The summed E-state index contributed by atoms with van der Waals surface area (Å²) in [5.41, 5.74) is 11.8. The maximum absolute atomic E-state index is 2.40. The summed E-state index contributed by atoms with van der Waals surface area (Å²) < 4.78 is 2.40. The Kier molecular flexibility index (Phi) is 6.51. The van der Waals surface area contributed by atoms with Crippen LogP contribution in [0.3, 0.4) is 0 Å². The van der Waals surface area contributed by atoms with E-state index in [1.807, 2.05) is 0 Å². The maximum Gasteiger partial charge on any atom is 0.0547 e. The lowest BCUT2D eigenvalue weighted by Gasteiger charge is -2.26. The predicted octanol–water partition coefficient (Wildman–Crippen LogP) is 11.6. The fourth-order valence-electron chi connectivity index (χ4n) is 6.29. The summed E-state index contributed by atoms with van der Waals surface area (Å²) >= 11 is 0. The van der Waals surface area contributed by atoms with E-state index in [0.717, 1.165) is 22.7 Å². The molecular formula is C42H30N2. The Morgan fingerprint density at radius 2 is 0.841 bits per heavy atom. The van der Waals surface area contributed by atoms with E-state index in [1.165, 1.54) is 44.1 Å². The molecule has 0 bridgehead atoms. The molecule has 8 aromatic rings. The first-order valence-corrected chi connectivity index (χ1v) is 15.0. The van der Waals surface area contributed by atoms with Gasteiger partial charge in [-0.15, -0.1) is 0 Å². The molecule has 0 spiro atoms. The minimum atomic E-state index is 1.12. The summed E-state index contributed by atoms with van der Waals surface area (Å²) in [7, 11) is 0. The Balaban J connectivity index is 1.30. The molecule has 0 radical (unpaired) electrons. The van der Waals surface area contributed by atoms with Crippen molar-refractivity contribution in [1.29, 1.82) is 0 Å². The Labute approximate surface area is 257 Å². The molecule has 1 aromatic heterocycles. The average molecular weight is 563 g/mol. The van der Waals surface area contributed by atoms with E-state index in [0.29, 0.717) is 0 Å². The quantitative estimate of drug-likeness (QED) is 0.196. The number of aromatic nitrogens is 1. The van der Waals surface area contributed by atoms with Gasteiger partial charge in [0, 0.05) is 33.5 Å². The van der Waals surface area contributed by atoms with Crippen LogP contribution < -0.4 is 4.90 Å². The van der Waals surface area contributed by atoms with Crippen LogP contribution in [0.4, 0.5) is 17.1 Å². The second-order valence-corrected chi connectivity index (χ2v) is 11.1. The molecule has 0 fully saturated rings. The molecule has 1 heterocycles. The van der Waals surface area contributed by atoms with Gasteiger partial charge in [0.2, 0.25) is 0 Å². The van der Waals surface area contributed by atoms with Crippen molar-refractivity contribution in [2.75, 3.05) is 4.90 Å². The van der Waals surface area contributed by atoms with E-state index in [9.17, 15) is 0 Å². The number of hydrogen-bond acceptors (Lipinski definition) is 1. The van der Waals surface area contributed by atoms with E-state index in [2.05, 4.69) is 191 Å². The molecule has 0 aliphatic heterocycles. The second-order valence-electron chi connectivity index (χ2n) is 11.1. The lowest BCUT2D eigenvalue weighted by molar-refractivity contribution is 1.18. The van der Waals surface area contributed by atoms with E-state index >= 15 is 0 Å². The van der Waals surface area contributed by atoms with Crippen LogP contribution >= 0.6 is 0 Å². The van der Waals surface area contributed by atoms with Crippen molar-refractivity contribution in [1.82, 2.24) is 4.57 Å². The average Bonchev–Trinajstić information content (AvgIpc) is 3.43. The first-order chi connectivity index (χ1) is 21.8. The van der Waals surface area contributed by atoms with Crippen molar-refractivity contribution in [3.05, 3.63) is 182 Å². The van der Waals surface area contributed by atoms with Gasteiger partial charge in [0.05, 0.1) is 11.0 Å². The molecule has 2 nitrogen and oxygen atoms in total. The zero-order valence-electron chi connectivity index (χ0n) is 24.2. The van der Waals surface area contributed by atoms with Crippen LogP contribution in [-0.2, 0) is 0 Å². The van der Waals surface area contributed by atoms with E-state index in [-0.39, 0.29) is 0 Å². The van der Waals surface area contributed by atoms with Crippen LogP contribution in [-0.4, -0.2) is 4.57 Å². The van der Waals surface area contributed by atoms with Crippen LogP contribution in [0.25, 0.3) is 49.7 Å². The van der Waals surface area contributed by atoms with Crippen molar-refractivity contribution < 1.29 is 0 Å². The molecule has 0 atom stereocenters. The number of hydrogen-bond donors (Lipinski definition) is 0. The number of benzene rings is 7. The highest BCUT2D eigenvalue weighted by atomic mass is 15.1. The minimum absolute atomic E-state index is 1.12. The highest BCUT2D eigenvalue weighted by Gasteiger charge is 2.16. The topological polar surface area (TPSA) is 8.17 Å². The maximum atomic E-state index is 2.40. The van der Waals surface area contributed by atoms with Crippen molar-refractivity contribution in [2.24, 2.45) is 0 Å². The van der Waals surface area contributed by atoms with Crippen LogP contribution in [0, 0.1) is 0 Å². The monoisotopic (exact) mass is 562 g/mol. The van der Waals surface area contributed by atoms with Crippen molar-refractivity contribution >= 4 is 38.9 Å². The molecular weight excluding hydrogens is 532 g/mol. The Hall–Kier alpha value is -5.86. The Bertz CT molecular complexity index is 2160. The smallest absolute Gasteiger partial charge is 0.0547 e. The molecule has 0 unspecified atom stereocenters. The lowest BCUT2D eigenvalue weighted by atomic mass is 10.0. The summed E-state index contributed by atoms with van der Waals surface area (Å²) in [6.07, 6.45) is 0. The van der Waals surface area contributed by atoms with Gasteiger partial charge in [-0.1, -0.05) is 115 Å². The van der Waals surface area contributed by atoms with Crippen molar-refractivity contribution in [2.45, 2.75) is 0 Å². The molecule has 208 valence electrons. The summed E-state index contributed by atoms with van der Waals surface area (Å²) in [6, 6.07) is 65.0. The molecule has 8 rings (SSSR count). The Morgan fingerprint density at radius 1 is 0.318 bits per heavy atom. The summed E-state index contributed by atoms with van der Waals surface area (Å²) in [6.45, 7) is 0. The van der Waals surface area contributed by atoms with Gasteiger partial charge in [0.1, 0.15) is 0 Å². The standard InChI is InChI=1S/C42H30N2/c1-5-14-31(15-6-1)33-25-27-41-40(29-33)39-26-24-34(30-42(39)44(41)37-21-11-4-12-22-37)32-16-13-23-38(28-32)43(35-17-7-2-8-18-35)36-19-9-3-10-20-36/h1-30H. The molecule has 0 aliphatic rings. The van der Waals surface area contributed by atoms with Gasteiger partial charge >= 0.3 is 0 Å². The van der Waals surface area contributed by atoms with Gasteiger partial charge in [-0.2, -0.15) is 0 Å². The molecule has 7 aromatic carbocycles. The van der Waals surface area contributed by atoms with Crippen molar-refractivity contribution in [3.63, 3.8) is 0 Å². The third-order valence-electron chi connectivity index (χ3n) is 8.35. The number of para-hydroxylation sites is 3. The van der Waals surface area contributed by atoms with Gasteiger partial charge in [-0.25, -0.2) is 0 Å². The van der Waals surface area contributed by atoms with E-state index in [1.54, 1.807) is 0 Å². The molecule has 0 amide bonds. The van der Waals surface area contributed by atoms with Crippen LogP contribution in [0.1, 0.15) is 0 Å². The summed E-state index contributed by atoms with van der Waals surface area (Å²) in [5, 5.41) is 2.50. The Morgan fingerprint density at radius 3 is 1.52 bits per heavy atom. The first-order valence-electron chi connectivity index (χ1n) is 15.0. The minimum Gasteiger partial charge on any atom is -0.310 e. The fourth-order valence-corrected chi connectivity index (χ4v) is 6.29. The zero-order valence-corrected chi connectivity index (χ0v) is 24.2. The molecule has 0 saturated heterocycles. The number of fused-ring (bicyclic) bond motifs is 3. The van der Waals surface area contributed by atoms with Crippen LogP contribution in [0.2, 0.25) is 0 Å². The van der Waals surface area contributed by atoms with E-state index < -0.39 is 0 Å². The van der Waals surface area contributed by atoms with Gasteiger partial charge in [0.15, 0.2) is 0 Å². The highest BCUT2D eigenvalue weighted by Crippen LogP contribution is 2.39. The molecule has 0 saturated carbocycles. The van der Waals surface area contributed by atoms with Gasteiger partial charge in [-0.05, 0) is 89.0 Å². The number of anilines is 3. The number of nitrogens with zero attached hydrogens (tertiary/aromatic N) is 2.